The first-order valence-electron chi connectivity index (χ1n) is 4.50. The van der Waals surface area contributed by atoms with Crippen LogP contribution >= 0.6 is 11.8 Å². The molecule has 0 aliphatic rings. The van der Waals surface area contributed by atoms with Gasteiger partial charge in [-0.2, -0.15) is 0 Å². The zero-order chi connectivity index (χ0) is 9.52. The molecule has 0 aliphatic carbocycles. The van der Waals surface area contributed by atoms with Crippen LogP contribution in [0.4, 0.5) is 0 Å². The fourth-order valence-corrected chi connectivity index (χ4v) is 1.99. The van der Waals surface area contributed by atoms with Crippen molar-refractivity contribution in [2.24, 2.45) is 5.92 Å². The van der Waals surface area contributed by atoms with Gasteiger partial charge >= 0.3 is 0 Å². The Labute approximate surface area is 84.1 Å². The number of nitrogens with zero attached hydrogens (tertiary/aromatic N) is 1. The van der Waals surface area contributed by atoms with Crippen molar-refractivity contribution >= 4 is 11.8 Å². The van der Waals surface area contributed by atoms with Crippen LogP contribution in [0.3, 0.4) is 0 Å². The Balaban J connectivity index is 2.27. The van der Waals surface area contributed by atoms with E-state index in [0.717, 1.165) is 12.3 Å². The summed E-state index contributed by atoms with van der Waals surface area (Å²) >= 11 is 1.89. The summed E-state index contributed by atoms with van der Waals surface area (Å²) in [5, 5.41) is 3.18. The van der Waals surface area contributed by atoms with E-state index >= 15 is 0 Å². The molecule has 1 aromatic rings. The number of hydrogen-bond acceptors (Lipinski definition) is 3. The largest absolute Gasteiger partial charge is 0.319 e. The monoisotopic (exact) mass is 196 g/mol. The Morgan fingerprint density at radius 2 is 2.15 bits per heavy atom. The van der Waals surface area contributed by atoms with Gasteiger partial charge in [0.1, 0.15) is 0 Å². The minimum Gasteiger partial charge on any atom is -0.319 e. The summed E-state index contributed by atoms with van der Waals surface area (Å²) in [4.78, 5) is 5.29. The Morgan fingerprint density at radius 1 is 1.46 bits per heavy atom. The van der Waals surface area contributed by atoms with Crippen LogP contribution in [0.1, 0.15) is 6.92 Å². The summed E-state index contributed by atoms with van der Waals surface area (Å²) in [6.07, 6.45) is 3.68. The van der Waals surface area contributed by atoms with Crippen molar-refractivity contribution in [3.63, 3.8) is 0 Å². The zero-order valence-electron chi connectivity index (χ0n) is 8.16. The maximum Gasteiger partial charge on any atom is 0.0278 e. The van der Waals surface area contributed by atoms with Crippen LogP contribution < -0.4 is 5.32 Å². The van der Waals surface area contributed by atoms with E-state index < -0.39 is 0 Å². The van der Waals surface area contributed by atoms with Crippen LogP contribution in [0.25, 0.3) is 0 Å². The van der Waals surface area contributed by atoms with Gasteiger partial charge in [0.15, 0.2) is 0 Å². The van der Waals surface area contributed by atoms with E-state index in [9.17, 15) is 0 Å². The first-order chi connectivity index (χ1) is 6.33. The maximum absolute atomic E-state index is 3.98. The molecule has 0 aromatic carbocycles. The molecule has 1 unspecified atom stereocenters. The predicted octanol–water partition coefficient (Wildman–Crippen LogP) is 2.03. The lowest BCUT2D eigenvalue weighted by atomic mass is 10.2. The normalized spacial score (nSPS) is 12.8. The van der Waals surface area contributed by atoms with Gasteiger partial charge in [-0.25, -0.2) is 0 Å². The highest BCUT2D eigenvalue weighted by Gasteiger charge is 2.00. The Kier molecular flexibility index (Phi) is 4.86. The van der Waals surface area contributed by atoms with E-state index in [0.29, 0.717) is 5.92 Å². The summed E-state index contributed by atoms with van der Waals surface area (Å²) in [5.41, 5.74) is 0. The van der Waals surface area contributed by atoms with Gasteiger partial charge in [0.2, 0.25) is 0 Å². The van der Waals surface area contributed by atoms with Crippen molar-refractivity contribution < 1.29 is 0 Å². The molecule has 1 rings (SSSR count). The second-order valence-electron chi connectivity index (χ2n) is 3.16. The molecule has 2 nitrogen and oxygen atoms in total. The predicted molar refractivity (Wildman–Crippen MR) is 58.1 cm³/mol. The molecule has 1 N–H and O–H groups in total. The minimum absolute atomic E-state index is 0.711. The number of pyridine rings is 1. The molecule has 0 aliphatic heterocycles. The lowest BCUT2D eigenvalue weighted by molar-refractivity contribution is 0.603. The Morgan fingerprint density at radius 3 is 2.77 bits per heavy atom. The molecule has 0 spiro atoms. The standard InChI is InChI=1S/C10H16N2S/c1-9(7-11-2)8-13-10-3-5-12-6-4-10/h3-6,9,11H,7-8H2,1-2H3. The summed E-state index contributed by atoms with van der Waals surface area (Å²) in [5.74, 6) is 1.87. The third kappa shape index (κ3) is 4.29. The van der Waals surface area contributed by atoms with Gasteiger partial charge < -0.3 is 5.32 Å². The van der Waals surface area contributed by atoms with Crippen LogP contribution in [0.2, 0.25) is 0 Å². The highest BCUT2D eigenvalue weighted by Crippen LogP contribution is 2.18. The molecule has 3 heteroatoms. The van der Waals surface area contributed by atoms with Crippen molar-refractivity contribution in [1.82, 2.24) is 10.3 Å². The maximum atomic E-state index is 3.98. The quantitative estimate of drug-likeness (QED) is 0.729. The van der Waals surface area contributed by atoms with Gasteiger partial charge in [0, 0.05) is 23.0 Å². The third-order valence-corrected chi connectivity index (χ3v) is 3.08. The van der Waals surface area contributed by atoms with E-state index in [-0.39, 0.29) is 0 Å². The van der Waals surface area contributed by atoms with Gasteiger partial charge in [-0.3, -0.25) is 4.98 Å². The second-order valence-corrected chi connectivity index (χ2v) is 4.25. The highest BCUT2D eigenvalue weighted by molar-refractivity contribution is 7.99. The lowest BCUT2D eigenvalue weighted by Crippen LogP contribution is -2.17. The van der Waals surface area contributed by atoms with Gasteiger partial charge in [-0.15, -0.1) is 11.8 Å². The fourth-order valence-electron chi connectivity index (χ4n) is 1.08. The first-order valence-corrected chi connectivity index (χ1v) is 5.49. The molecule has 0 amide bonds. The molecular weight excluding hydrogens is 180 g/mol. The Bertz CT molecular complexity index is 226. The van der Waals surface area contributed by atoms with E-state index in [4.69, 9.17) is 0 Å². The number of nitrogens with one attached hydrogen (secondary N) is 1. The second kappa shape index (κ2) is 6.00. The summed E-state index contributed by atoms with van der Waals surface area (Å²) in [6.45, 7) is 3.34. The van der Waals surface area contributed by atoms with Crippen LogP contribution in [0.15, 0.2) is 29.4 Å². The molecule has 1 atom stereocenters. The molecule has 0 radical (unpaired) electrons. The first kappa shape index (κ1) is 10.5. The lowest BCUT2D eigenvalue weighted by Gasteiger charge is -2.09. The van der Waals surface area contributed by atoms with Crippen molar-refractivity contribution in [2.45, 2.75) is 11.8 Å². The van der Waals surface area contributed by atoms with E-state index in [1.807, 2.05) is 31.2 Å². The van der Waals surface area contributed by atoms with Gasteiger partial charge in [0.05, 0.1) is 0 Å². The summed E-state index contributed by atoms with van der Waals surface area (Å²) in [7, 11) is 1.99. The highest BCUT2D eigenvalue weighted by atomic mass is 32.2. The van der Waals surface area contributed by atoms with Crippen molar-refractivity contribution in [3.05, 3.63) is 24.5 Å². The number of thioether (sulfide) groups is 1. The van der Waals surface area contributed by atoms with Crippen LogP contribution in [-0.2, 0) is 0 Å². The van der Waals surface area contributed by atoms with Crippen molar-refractivity contribution in [2.75, 3.05) is 19.3 Å². The molecule has 72 valence electrons. The number of aromatic nitrogens is 1. The topological polar surface area (TPSA) is 24.9 Å². The van der Waals surface area contributed by atoms with Crippen molar-refractivity contribution in [3.8, 4) is 0 Å². The molecule has 13 heavy (non-hydrogen) atoms. The van der Waals surface area contributed by atoms with Gasteiger partial charge in [-0.1, -0.05) is 6.92 Å². The molecule has 0 saturated carbocycles. The third-order valence-electron chi connectivity index (χ3n) is 1.74. The zero-order valence-corrected chi connectivity index (χ0v) is 8.97. The smallest absolute Gasteiger partial charge is 0.0278 e. The number of rotatable bonds is 5. The average molecular weight is 196 g/mol. The fraction of sp³-hybridized carbons (Fsp3) is 0.500. The van der Waals surface area contributed by atoms with E-state index in [2.05, 4.69) is 29.4 Å². The molecule has 1 heterocycles. The number of hydrogen-bond donors (Lipinski definition) is 1. The van der Waals surface area contributed by atoms with Crippen LogP contribution in [0, 0.1) is 5.92 Å². The average Bonchev–Trinajstić information content (AvgIpc) is 2.17. The molecule has 0 fully saturated rings. The Hall–Kier alpha value is -0.540. The summed E-state index contributed by atoms with van der Waals surface area (Å²) < 4.78 is 0. The molecular formula is C10H16N2S. The van der Waals surface area contributed by atoms with E-state index in [1.54, 1.807) is 0 Å². The molecule has 0 bridgehead atoms. The molecule has 1 aromatic heterocycles. The SMILES string of the molecule is CNCC(C)CSc1ccncc1. The molecule has 0 saturated heterocycles. The van der Waals surface area contributed by atoms with Crippen LogP contribution in [-0.4, -0.2) is 24.3 Å². The van der Waals surface area contributed by atoms with Gasteiger partial charge in [0.25, 0.3) is 0 Å². The van der Waals surface area contributed by atoms with E-state index in [1.165, 1.54) is 4.90 Å². The van der Waals surface area contributed by atoms with Crippen molar-refractivity contribution in [1.29, 1.82) is 0 Å². The van der Waals surface area contributed by atoms with Crippen LogP contribution in [0.5, 0.6) is 0 Å². The summed E-state index contributed by atoms with van der Waals surface area (Å²) in [6, 6.07) is 4.10. The minimum atomic E-state index is 0.711. The van der Waals surface area contributed by atoms with Gasteiger partial charge in [-0.05, 0) is 31.6 Å².